The molecule has 8 rings (SSSR count). The summed E-state index contributed by atoms with van der Waals surface area (Å²) >= 11 is 0. The Kier molecular flexibility index (Phi) is 7.46. The minimum absolute atomic E-state index is 0.0734. The van der Waals surface area contributed by atoms with E-state index in [9.17, 15) is 36.9 Å². The van der Waals surface area contributed by atoms with Crippen molar-refractivity contribution >= 4 is 43.6 Å². The summed E-state index contributed by atoms with van der Waals surface area (Å²) in [5, 5.41) is 23.2. The largest absolute Gasteiger partial charge is 0.416 e. The van der Waals surface area contributed by atoms with Gasteiger partial charge in [0, 0.05) is 27.1 Å². The molecule has 0 aliphatic carbocycles. The molecule has 53 heavy (non-hydrogen) atoms. The van der Waals surface area contributed by atoms with Crippen molar-refractivity contribution in [3.63, 3.8) is 0 Å². The number of fused-ring (bicyclic) bond motifs is 6. The predicted octanol–water partition coefficient (Wildman–Crippen LogP) is 12.3. The van der Waals surface area contributed by atoms with Crippen LogP contribution in [0.3, 0.4) is 0 Å². The first-order valence-electron chi connectivity index (χ1n) is 16.5. The van der Waals surface area contributed by atoms with Gasteiger partial charge < -0.3 is 9.13 Å². The van der Waals surface area contributed by atoms with E-state index in [1.54, 1.807) is 33.4 Å². The fraction of sp³-hybridized carbons (Fsp3) is 0.116. The van der Waals surface area contributed by atoms with Crippen molar-refractivity contribution in [3.8, 4) is 34.6 Å². The van der Waals surface area contributed by atoms with E-state index < -0.39 is 23.5 Å². The van der Waals surface area contributed by atoms with Gasteiger partial charge in [0.15, 0.2) is 0 Å². The van der Waals surface area contributed by atoms with Crippen LogP contribution in [0.2, 0.25) is 0 Å². The summed E-state index contributed by atoms with van der Waals surface area (Å²) in [5.74, 6) is 0. The zero-order chi connectivity index (χ0) is 37.6. The molecule has 0 radical (unpaired) electrons. The first-order chi connectivity index (χ1) is 25.2. The molecule has 260 valence electrons. The number of alkyl halides is 6. The van der Waals surface area contributed by atoms with Gasteiger partial charge in [-0.05, 0) is 104 Å². The lowest BCUT2D eigenvalue weighted by Crippen LogP contribution is -2.07. The molecule has 0 N–H and O–H groups in total. The molecule has 0 spiro atoms. The third-order valence-electron chi connectivity index (χ3n) is 9.73. The van der Waals surface area contributed by atoms with Crippen LogP contribution in [0.25, 0.3) is 66.1 Å². The number of nitrogens with zero attached hydrogens (tertiary/aromatic N) is 4. The van der Waals surface area contributed by atoms with Gasteiger partial charge in [-0.2, -0.15) is 36.9 Å². The highest BCUT2D eigenvalue weighted by Crippen LogP contribution is 2.43. The fourth-order valence-corrected chi connectivity index (χ4v) is 7.40. The monoisotopic (exact) mass is 712 g/mol. The number of rotatable bonds is 3. The van der Waals surface area contributed by atoms with Crippen molar-refractivity contribution < 1.29 is 26.3 Å². The Morgan fingerprint density at radius 1 is 0.472 bits per heavy atom. The smallest absolute Gasteiger partial charge is 0.309 e. The van der Waals surface area contributed by atoms with Gasteiger partial charge in [0.05, 0.1) is 61.8 Å². The Balaban J connectivity index is 1.57. The van der Waals surface area contributed by atoms with Crippen LogP contribution in [0, 0.1) is 43.4 Å². The normalized spacial score (nSPS) is 12.2. The number of aryl methyl sites for hydroxylation is 3. The van der Waals surface area contributed by atoms with Crippen LogP contribution in [0.4, 0.5) is 26.3 Å². The van der Waals surface area contributed by atoms with Gasteiger partial charge in [0.25, 0.3) is 0 Å². The van der Waals surface area contributed by atoms with Gasteiger partial charge in [0.2, 0.25) is 0 Å². The van der Waals surface area contributed by atoms with Crippen molar-refractivity contribution in [1.82, 2.24) is 9.13 Å². The van der Waals surface area contributed by atoms with Crippen molar-refractivity contribution in [2.45, 2.75) is 33.1 Å². The lowest BCUT2D eigenvalue weighted by molar-refractivity contribution is -0.138. The van der Waals surface area contributed by atoms with Crippen LogP contribution in [0.1, 0.15) is 38.9 Å². The molecule has 0 amide bonds. The number of aromatic nitrogens is 2. The molecule has 2 heterocycles. The number of nitriles is 2. The maximum absolute atomic E-state index is 14.2. The summed E-state index contributed by atoms with van der Waals surface area (Å²) in [4.78, 5) is 0. The molecule has 0 unspecified atom stereocenters. The Labute approximate surface area is 299 Å². The zero-order valence-electron chi connectivity index (χ0n) is 28.4. The van der Waals surface area contributed by atoms with Crippen molar-refractivity contribution in [2.24, 2.45) is 0 Å². The molecule has 8 aromatic rings. The molecule has 2 aromatic heterocycles. The van der Waals surface area contributed by atoms with E-state index in [-0.39, 0.29) is 22.3 Å². The minimum atomic E-state index is -4.64. The second kappa shape index (κ2) is 11.8. The first-order valence-corrected chi connectivity index (χ1v) is 16.5. The summed E-state index contributed by atoms with van der Waals surface area (Å²) in [6.45, 7) is 5.53. The predicted molar refractivity (Wildman–Crippen MR) is 194 cm³/mol. The quantitative estimate of drug-likeness (QED) is 0.171. The summed E-state index contributed by atoms with van der Waals surface area (Å²) < 4.78 is 88.4. The highest BCUT2D eigenvalue weighted by atomic mass is 19.4. The van der Waals surface area contributed by atoms with Gasteiger partial charge in [0.1, 0.15) is 6.07 Å². The molecular weight excluding hydrogens is 686 g/mol. The van der Waals surface area contributed by atoms with Crippen LogP contribution in [0.5, 0.6) is 0 Å². The van der Waals surface area contributed by atoms with E-state index in [4.69, 9.17) is 0 Å². The highest BCUT2D eigenvalue weighted by molar-refractivity contribution is 6.11. The Hall–Kier alpha value is -6.52. The van der Waals surface area contributed by atoms with Crippen LogP contribution >= 0.6 is 0 Å². The average molecular weight is 713 g/mol. The lowest BCUT2D eigenvalue weighted by atomic mass is 9.96. The van der Waals surface area contributed by atoms with E-state index in [0.29, 0.717) is 55.0 Å². The van der Waals surface area contributed by atoms with Crippen LogP contribution in [-0.2, 0) is 12.4 Å². The van der Waals surface area contributed by atoms with Crippen LogP contribution < -0.4 is 0 Å². The van der Waals surface area contributed by atoms with Gasteiger partial charge in [-0.15, -0.1) is 0 Å². The van der Waals surface area contributed by atoms with E-state index >= 15 is 0 Å². The van der Waals surface area contributed by atoms with Crippen LogP contribution in [-0.4, -0.2) is 9.13 Å². The molecular formula is C43H26F6N4. The third-order valence-corrected chi connectivity index (χ3v) is 9.73. The third kappa shape index (κ3) is 5.46. The van der Waals surface area contributed by atoms with Gasteiger partial charge in [-0.25, -0.2) is 0 Å². The first kappa shape index (κ1) is 33.6. The molecule has 0 saturated carbocycles. The Morgan fingerprint density at radius 3 is 1.42 bits per heavy atom. The number of hydrogen-bond donors (Lipinski definition) is 0. The molecule has 0 atom stereocenters. The standard InChI is InChI=1S/C43H26F6N4/c1-23-4-8-31-33-10-6-29(42(44,45)46)18-40(33)52(37(31)14-23)36-20-35(27-13-25(3)12-26(16-27)21-50)39(17-28(36)22-51)53-38-15-24(2)5-9-32(38)34-11-7-30(19-41(34)53)43(47,48)49/h4-20H,1-3H3. The van der Waals surface area contributed by atoms with E-state index in [2.05, 4.69) is 12.1 Å². The van der Waals surface area contributed by atoms with Crippen molar-refractivity contribution in [3.05, 3.63) is 142 Å². The SMILES string of the molecule is Cc1cc(C#N)cc(-c2cc(-n3c4cc(C)ccc4c4ccc(C(F)(F)F)cc43)c(C#N)cc2-n2c3cc(C)ccc3c3ccc(C(F)(F)F)cc32)c1. The fourth-order valence-electron chi connectivity index (χ4n) is 7.40. The summed E-state index contributed by atoms with van der Waals surface area (Å²) in [6.07, 6.45) is -9.28. The maximum atomic E-state index is 14.2. The number of benzene rings is 6. The highest BCUT2D eigenvalue weighted by Gasteiger charge is 2.33. The molecule has 0 aliphatic heterocycles. The van der Waals surface area contributed by atoms with E-state index in [0.717, 1.165) is 41.0 Å². The molecule has 0 aliphatic rings. The Morgan fingerprint density at radius 2 is 0.943 bits per heavy atom. The molecule has 4 nitrogen and oxygen atoms in total. The van der Waals surface area contributed by atoms with Gasteiger partial charge >= 0.3 is 12.4 Å². The van der Waals surface area contributed by atoms with E-state index in [1.807, 2.05) is 63.2 Å². The van der Waals surface area contributed by atoms with Crippen LogP contribution in [0.15, 0.2) is 103 Å². The summed E-state index contributed by atoms with van der Waals surface area (Å²) in [5.41, 5.74) is 4.34. The molecule has 0 fully saturated rings. The lowest BCUT2D eigenvalue weighted by Gasteiger charge is -2.20. The molecule has 6 aromatic carbocycles. The Bertz CT molecular complexity index is 2930. The van der Waals surface area contributed by atoms with Gasteiger partial charge in [-0.1, -0.05) is 42.5 Å². The topological polar surface area (TPSA) is 57.4 Å². The molecule has 0 saturated heterocycles. The van der Waals surface area contributed by atoms with Crippen molar-refractivity contribution in [1.29, 1.82) is 10.5 Å². The average Bonchev–Trinajstić information content (AvgIpc) is 3.60. The number of halogens is 6. The maximum Gasteiger partial charge on any atom is 0.416 e. The molecule has 0 bridgehead atoms. The second-order valence-electron chi connectivity index (χ2n) is 13.4. The second-order valence-corrected chi connectivity index (χ2v) is 13.4. The summed E-state index contributed by atoms with van der Waals surface area (Å²) in [6, 6.07) is 31.0. The zero-order valence-corrected chi connectivity index (χ0v) is 28.4. The number of hydrogen-bond acceptors (Lipinski definition) is 2. The minimum Gasteiger partial charge on any atom is -0.309 e. The van der Waals surface area contributed by atoms with Crippen molar-refractivity contribution in [2.75, 3.05) is 0 Å². The van der Waals surface area contributed by atoms with Gasteiger partial charge in [-0.3, -0.25) is 0 Å². The van der Waals surface area contributed by atoms with E-state index in [1.165, 1.54) is 12.1 Å². The summed E-state index contributed by atoms with van der Waals surface area (Å²) in [7, 11) is 0. The molecule has 10 heteroatoms.